The molecular formula is C20H17N5O4S. The number of H-pyrrole nitrogens is 1. The molecule has 0 saturated carbocycles. The minimum absolute atomic E-state index is 0.149. The zero-order chi connectivity index (χ0) is 21.3. The third-order valence-corrected chi connectivity index (χ3v) is 5.23. The number of rotatable bonds is 5. The lowest BCUT2D eigenvalue weighted by molar-refractivity contribution is 0.102. The Balaban J connectivity index is 1.68. The molecule has 0 aliphatic carbocycles. The van der Waals surface area contributed by atoms with Crippen LogP contribution >= 0.6 is 0 Å². The molecule has 0 atom stereocenters. The van der Waals surface area contributed by atoms with Gasteiger partial charge < -0.3 is 10.3 Å². The van der Waals surface area contributed by atoms with Gasteiger partial charge in [-0.15, -0.1) is 0 Å². The van der Waals surface area contributed by atoms with Crippen molar-refractivity contribution >= 4 is 32.5 Å². The highest BCUT2D eigenvalue weighted by Gasteiger charge is 2.15. The van der Waals surface area contributed by atoms with Crippen LogP contribution in [-0.2, 0) is 15.6 Å². The van der Waals surface area contributed by atoms with Gasteiger partial charge in [0.2, 0.25) is 0 Å². The standard InChI is InChI=1S/C20H17N5O4S/c1-30(28,29)11-13-5-4-6-14(9-13)19(26)24-16-7-2-3-8-17(16)25-18-15(10-23-25)20(27)22-12-21-18/h2-10,12H,11H2,1H3,(H,24,26)(H,21,22,27). The van der Waals surface area contributed by atoms with E-state index in [0.29, 0.717) is 33.5 Å². The van der Waals surface area contributed by atoms with Gasteiger partial charge in [-0.05, 0) is 29.8 Å². The number of hydrogen-bond acceptors (Lipinski definition) is 6. The summed E-state index contributed by atoms with van der Waals surface area (Å²) in [5.74, 6) is -0.551. The number of carbonyl (C=O) groups excluding carboxylic acids is 1. The summed E-state index contributed by atoms with van der Waals surface area (Å²) in [5.41, 5.74) is 1.89. The van der Waals surface area contributed by atoms with Crippen molar-refractivity contribution in [1.29, 1.82) is 0 Å². The fourth-order valence-corrected chi connectivity index (χ4v) is 3.88. The third kappa shape index (κ3) is 3.98. The van der Waals surface area contributed by atoms with Crippen molar-refractivity contribution in [1.82, 2.24) is 19.7 Å². The predicted octanol–water partition coefficient (Wildman–Crippen LogP) is 1.91. The maximum absolute atomic E-state index is 12.8. The molecular weight excluding hydrogens is 406 g/mol. The second kappa shape index (κ2) is 7.56. The second-order valence-electron chi connectivity index (χ2n) is 6.77. The van der Waals surface area contributed by atoms with E-state index in [-0.39, 0.29) is 11.3 Å². The zero-order valence-electron chi connectivity index (χ0n) is 15.9. The van der Waals surface area contributed by atoms with Crippen LogP contribution in [0.2, 0.25) is 0 Å². The summed E-state index contributed by atoms with van der Waals surface area (Å²) in [6, 6.07) is 13.4. The van der Waals surface area contributed by atoms with E-state index in [1.807, 2.05) is 0 Å². The average molecular weight is 423 g/mol. The van der Waals surface area contributed by atoms with Gasteiger partial charge in [0.05, 0.1) is 29.7 Å². The molecule has 1 amide bonds. The molecule has 9 nitrogen and oxygen atoms in total. The van der Waals surface area contributed by atoms with Crippen molar-refractivity contribution < 1.29 is 13.2 Å². The van der Waals surface area contributed by atoms with Crippen molar-refractivity contribution in [2.45, 2.75) is 5.75 Å². The maximum Gasteiger partial charge on any atom is 0.261 e. The number of para-hydroxylation sites is 2. The maximum atomic E-state index is 12.8. The molecule has 2 aromatic heterocycles. The molecule has 0 unspecified atom stereocenters. The molecule has 10 heteroatoms. The molecule has 2 N–H and O–H groups in total. The number of amides is 1. The number of aromatic amines is 1. The van der Waals surface area contributed by atoms with Crippen LogP contribution < -0.4 is 10.9 Å². The van der Waals surface area contributed by atoms with E-state index in [9.17, 15) is 18.0 Å². The van der Waals surface area contributed by atoms with E-state index in [0.717, 1.165) is 6.26 Å². The fraction of sp³-hybridized carbons (Fsp3) is 0.100. The van der Waals surface area contributed by atoms with Gasteiger partial charge in [0, 0.05) is 11.8 Å². The van der Waals surface area contributed by atoms with Crippen molar-refractivity contribution in [3.63, 3.8) is 0 Å². The van der Waals surface area contributed by atoms with E-state index in [4.69, 9.17) is 0 Å². The molecule has 0 radical (unpaired) electrons. The molecule has 2 aromatic carbocycles. The SMILES string of the molecule is CS(=O)(=O)Cc1cccc(C(=O)Nc2ccccc2-n2ncc3c(=O)[nH]cnc32)c1. The van der Waals surface area contributed by atoms with Gasteiger partial charge >= 0.3 is 0 Å². The van der Waals surface area contributed by atoms with E-state index >= 15 is 0 Å². The number of aromatic nitrogens is 4. The van der Waals surface area contributed by atoms with Crippen molar-refractivity contribution in [3.05, 3.63) is 82.5 Å². The van der Waals surface area contributed by atoms with E-state index < -0.39 is 15.7 Å². The summed E-state index contributed by atoms with van der Waals surface area (Å²) in [6.07, 6.45) is 3.84. The molecule has 152 valence electrons. The van der Waals surface area contributed by atoms with Crippen LogP contribution in [-0.4, -0.2) is 40.3 Å². The van der Waals surface area contributed by atoms with Crippen LogP contribution in [0.5, 0.6) is 0 Å². The van der Waals surface area contributed by atoms with Crippen LogP contribution in [0, 0.1) is 0 Å². The number of benzene rings is 2. The Morgan fingerprint density at radius 2 is 1.97 bits per heavy atom. The first kappa shape index (κ1) is 19.5. The lowest BCUT2D eigenvalue weighted by Crippen LogP contribution is -2.15. The zero-order valence-corrected chi connectivity index (χ0v) is 16.7. The molecule has 0 fully saturated rings. The van der Waals surface area contributed by atoms with Crippen LogP contribution in [0.3, 0.4) is 0 Å². The van der Waals surface area contributed by atoms with E-state index in [1.54, 1.807) is 48.5 Å². The first-order chi connectivity index (χ1) is 14.3. The van der Waals surface area contributed by atoms with Crippen LogP contribution in [0.4, 0.5) is 5.69 Å². The Labute approximate surface area is 171 Å². The highest BCUT2D eigenvalue weighted by molar-refractivity contribution is 7.89. The van der Waals surface area contributed by atoms with Crippen molar-refractivity contribution in [2.75, 3.05) is 11.6 Å². The van der Waals surface area contributed by atoms with Gasteiger partial charge in [-0.2, -0.15) is 5.10 Å². The Hall–Kier alpha value is -3.79. The largest absolute Gasteiger partial charge is 0.320 e. The van der Waals surface area contributed by atoms with Gasteiger partial charge in [-0.25, -0.2) is 18.1 Å². The lowest BCUT2D eigenvalue weighted by Gasteiger charge is -2.12. The molecule has 0 spiro atoms. The molecule has 0 aliphatic rings. The van der Waals surface area contributed by atoms with Gasteiger partial charge in [0.25, 0.3) is 11.5 Å². The number of carbonyl (C=O) groups is 1. The normalized spacial score (nSPS) is 11.5. The Morgan fingerprint density at radius 3 is 2.77 bits per heavy atom. The summed E-state index contributed by atoms with van der Waals surface area (Å²) in [4.78, 5) is 31.4. The Bertz CT molecular complexity index is 1420. The lowest BCUT2D eigenvalue weighted by atomic mass is 10.1. The number of sulfone groups is 1. The highest BCUT2D eigenvalue weighted by Crippen LogP contribution is 2.23. The first-order valence-corrected chi connectivity index (χ1v) is 11.0. The topological polar surface area (TPSA) is 127 Å². The summed E-state index contributed by atoms with van der Waals surface area (Å²) in [6.45, 7) is 0. The molecule has 0 saturated heterocycles. The molecule has 4 aromatic rings. The fourth-order valence-electron chi connectivity index (χ4n) is 3.10. The number of nitrogens with one attached hydrogen (secondary N) is 2. The number of anilines is 1. The van der Waals surface area contributed by atoms with E-state index in [2.05, 4.69) is 20.4 Å². The molecule has 4 rings (SSSR count). The second-order valence-corrected chi connectivity index (χ2v) is 8.91. The number of nitrogens with zero attached hydrogens (tertiary/aromatic N) is 3. The predicted molar refractivity (Wildman–Crippen MR) is 112 cm³/mol. The third-order valence-electron chi connectivity index (χ3n) is 4.37. The molecule has 0 bridgehead atoms. The van der Waals surface area contributed by atoms with Gasteiger partial charge in [0.15, 0.2) is 15.5 Å². The summed E-state index contributed by atoms with van der Waals surface area (Å²) < 4.78 is 24.6. The number of fused-ring (bicyclic) bond motifs is 1. The molecule has 0 aliphatic heterocycles. The van der Waals surface area contributed by atoms with Crippen LogP contribution in [0.25, 0.3) is 16.7 Å². The van der Waals surface area contributed by atoms with Gasteiger partial charge in [0.1, 0.15) is 5.39 Å². The minimum atomic E-state index is -3.22. The molecule has 2 heterocycles. The summed E-state index contributed by atoms with van der Waals surface area (Å²) in [7, 11) is -3.22. The first-order valence-electron chi connectivity index (χ1n) is 8.91. The quantitative estimate of drug-likeness (QED) is 0.505. The van der Waals surface area contributed by atoms with Crippen LogP contribution in [0.15, 0.2) is 65.8 Å². The monoisotopic (exact) mass is 423 g/mol. The molecule has 30 heavy (non-hydrogen) atoms. The van der Waals surface area contributed by atoms with Gasteiger partial charge in [-0.1, -0.05) is 24.3 Å². The summed E-state index contributed by atoms with van der Waals surface area (Å²) in [5, 5.41) is 7.39. The van der Waals surface area contributed by atoms with E-state index in [1.165, 1.54) is 17.2 Å². The van der Waals surface area contributed by atoms with Crippen molar-refractivity contribution in [3.8, 4) is 5.69 Å². The minimum Gasteiger partial charge on any atom is -0.320 e. The van der Waals surface area contributed by atoms with Crippen LogP contribution in [0.1, 0.15) is 15.9 Å². The Kier molecular flexibility index (Phi) is 4.92. The van der Waals surface area contributed by atoms with Gasteiger partial charge in [-0.3, -0.25) is 9.59 Å². The average Bonchev–Trinajstić information content (AvgIpc) is 3.13. The Morgan fingerprint density at radius 1 is 1.17 bits per heavy atom. The van der Waals surface area contributed by atoms with Crippen molar-refractivity contribution in [2.24, 2.45) is 0 Å². The summed E-state index contributed by atoms with van der Waals surface area (Å²) >= 11 is 0. The number of hydrogen-bond donors (Lipinski definition) is 2. The highest BCUT2D eigenvalue weighted by atomic mass is 32.2. The smallest absolute Gasteiger partial charge is 0.261 e.